The minimum absolute atomic E-state index is 0.728. The number of hydrogen-bond acceptors (Lipinski definition) is 5. The van der Waals surface area contributed by atoms with Crippen molar-refractivity contribution in [3.8, 4) is 0 Å². The van der Waals surface area contributed by atoms with E-state index in [4.69, 9.17) is 0 Å². The number of hydrogen-bond donors (Lipinski definition) is 2. The summed E-state index contributed by atoms with van der Waals surface area (Å²) in [5.74, 6) is 0. The van der Waals surface area contributed by atoms with Gasteiger partial charge in [-0.25, -0.2) is 0 Å². The maximum Gasteiger partial charge on any atom is 0.115 e. The highest BCUT2D eigenvalue weighted by Gasteiger charge is 2.16. The quantitative estimate of drug-likeness (QED) is 0.339. The maximum atomic E-state index is 4.54. The van der Waals surface area contributed by atoms with Crippen molar-refractivity contribution in [1.29, 1.82) is 0 Å². The van der Waals surface area contributed by atoms with Crippen molar-refractivity contribution < 1.29 is 0 Å². The number of likely N-dealkylation sites (tertiary alicyclic amines) is 2. The molecule has 2 saturated heterocycles. The van der Waals surface area contributed by atoms with E-state index in [1.165, 1.54) is 75.0 Å². The van der Waals surface area contributed by atoms with Crippen molar-refractivity contribution in [3.05, 3.63) is 94.2 Å². The summed E-state index contributed by atoms with van der Waals surface area (Å²) < 4.78 is 0. The van der Waals surface area contributed by atoms with Crippen LogP contribution in [0, 0.1) is 0 Å². The molecule has 2 aromatic rings. The van der Waals surface area contributed by atoms with Gasteiger partial charge in [-0.05, 0) is 126 Å². The monoisotopic (exact) mass is 552 g/mol. The van der Waals surface area contributed by atoms with Gasteiger partial charge in [0.1, 0.15) is 5.69 Å². The lowest BCUT2D eigenvalue weighted by Crippen LogP contribution is -2.30. The molecule has 6 nitrogen and oxygen atoms in total. The fourth-order valence-corrected chi connectivity index (χ4v) is 5.71. The Balaban J connectivity index is 1.43. The van der Waals surface area contributed by atoms with E-state index in [1.54, 1.807) is 0 Å². The lowest BCUT2D eigenvalue weighted by molar-refractivity contribution is 0.289. The third-order valence-electron chi connectivity index (χ3n) is 8.33. The summed E-state index contributed by atoms with van der Waals surface area (Å²) in [6.07, 6.45) is 20.8. The van der Waals surface area contributed by atoms with Gasteiger partial charge in [-0.15, -0.1) is 0 Å². The maximum absolute atomic E-state index is 4.54. The molecule has 2 N–H and O–H groups in total. The zero-order valence-corrected chi connectivity index (χ0v) is 25.4. The molecule has 218 valence electrons. The van der Waals surface area contributed by atoms with Crippen LogP contribution in [0.4, 0.5) is 0 Å². The fraction of sp³-hybridized carbons (Fsp3) is 0.429. The predicted molar refractivity (Wildman–Crippen MR) is 174 cm³/mol. The Hall–Kier alpha value is -3.64. The molecule has 41 heavy (non-hydrogen) atoms. The van der Waals surface area contributed by atoms with E-state index in [1.807, 2.05) is 24.5 Å². The van der Waals surface area contributed by atoms with E-state index in [2.05, 4.69) is 89.0 Å². The number of aromatic amines is 1. The summed E-state index contributed by atoms with van der Waals surface area (Å²) in [7, 11) is 0. The lowest BCUT2D eigenvalue weighted by Gasteiger charge is -2.32. The molecule has 0 unspecified atom stereocenters. The molecule has 2 aliphatic heterocycles. The van der Waals surface area contributed by atoms with E-state index in [0.717, 1.165) is 58.3 Å². The highest BCUT2D eigenvalue weighted by molar-refractivity contribution is 5.69. The van der Waals surface area contributed by atoms with Crippen LogP contribution in [0.25, 0.3) is 23.9 Å². The molecule has 0 bridgehead atoms. The van der Waals surface area contributed by atoms with Crippen LogP contribution in [0.3, 0.4) is 0 Å². The van der Waals surface area contributed by atoms with E-state index in [-0.39, 0.29) is 0 Å². The molecule has 2 fully saturated rings. The number of nitrogens with zero attached hydrogens (tertiary/aromatic N) is 4. The standard InChI is InChI=1S/C35H48N6/c1-7-14-34(41-21-9-8-10-22-41)27(3)29(5)37-30(6)35-28(4)33(38-39-35)17-16-26(2)32-23-31(24-36-25-32)15-13-20-40-18-11-12-19-40/h7,14,16-17,23-25,37-38H,1,4,6,8-13,15,18-22H2,2-3,5H3/b26-16+,29-27+,33-17+,34-14+. The average molecular weight is 553 g/mol. The Morgan fingerprint density at radius 2 is 1.76 bits per heavy atom. The zero-order valence-electron chi connectivity index (χ0n) is 25.4. The van der Waals surface area contributed by atoms with Crippen molar-refractivity contribution in [1.82, 2.24) is 30.3 Å². The first-order chi connectivity index (χ1) is 19.9. The number of allylic oxidation sites excluding steroid dienone is 6. The van der Waals surface area contributed by atoms with Crippen molar-refractivity contribution in [2.45, 2.75) is 65.7 Å². The molecule has 2 aromatic heterocycles. The third-order valence-corrected chi connectivity index (χ3v) is 8.33. The first kappa shape index (κ1) is 30.3. The van der Waals surface area contributed by atoms with Gasteiger partial charge >= 0.3 is 0 Å². The van der Waals surface area contributed by atoms with Crippen LogP contribution in [-0.4, -0.2) is 57.7 Å². The van der Waals surface area contributed by atoms with Gasteiger partial charge in [-0.2, -0.15) is 5.10 Å². The van der Waals surface area contributed by atoms with Crippen LogP contribution in [0.2, 0.25) is 0 Å². The number of aryl methyl sites for hydroxylation is 1. The van der Waals surface area contributed by atoms with Crippen molar-refractivity contribution >= 4 is 23.9 Å². The van der Waals surface area contributed by atoms with Crippen LogP contribution in [-0.2, 0) is 6.42 Å². The summed E-state index contributed by atoms with van der Waals surface area (Å²) in [5, 5.41) is 12.9. The second-order valence-corrected chi connectivity index (χ2v) is 11.4. The Morgan fingerprint density at radius 3 is 2.49 bits per heavy atom. The Labute approximate surface area is 246 Å². The molecule has 0 radical (unpaired) electrons. The second-order valence-electron chi connectivity index (χ2n) is 11.4. The van der Waals surface area contributed by atoms with Gasteiger partial charge in [0.15, 0.2) is 0 Å². The molecule has 4 heterocycles. The molecule has 4 rings (SSSR count). The van der Waals surface area contributed by atoms with E-state index >= 15 is 0 Å². The minimum atomic E-state index is 0.728. The van der Waals surface area contributed by atoms with Crippen molar-refractivity contribution in [2.24, 2.45) is 0 Å². The van der Waals surface area contributed by atoms with Gasteiger partial charge in [0.25, 0.3) is 0 Å². The lowest BCUT2D eigenvalue weighted by atomic mass is 10.0. The van der Waals surface area contributed by atoms with Gasteiger partial charge in [0.05, 0.1) is 11.0 Å². The molecule has 6 heteroatoms. The van der Waals surface area contributed by atoms with Crippen LogP contribution in [0.15, 0.2) is 66.8 Å². The molecule has 0 saturated carbocycles. The van der Waals surface area contributed by atoms with Crippen molar-refractivity contribution in [2.75, 3.05) is 32.7 Å². The number of rotatable bonds is 12. The van der Waals surface area contributed by atoms with Gasteiger partial charge in [0.2, 0.25) is 0 Å². The van der Waals surface area contributed by atoms with Gasteiger partial charge in [-0.1, -0.05) is 31.9 Å². The molecular formula is C35H48N6. The largest absolute Gasteiger partial charge is 0.371 e. The minimum Gasteiger partial charge on any atom is -0.371 e. The molecule has 0 spiro atoms. The topological polar surface area (TPSA) is 60.1 Å². The highest BCUT2D eigenvalue weighted by atomic mass is 15.1. The normalized spacial score (nSPS) is 18.0. The van der Waals surface area contributed by atoms with Gasteiger partial charge in [-0.3, -0.25) is 10.1 Å². The number of pyridine rings is 1. The zero-order chi connectivity index (χ0) is 29.2. The SMILES string of the molecule is C=C/C=C(\C(C)=C(/C)NC(=C)c1n[nH]/c(=C/C=C(\C)c2cncc(CCCN3CCCC3)c2)c1=C)N1CCCCC1. The summed E-state index contributed by atoms with van der Waals surface area (Å²) >= 11 is 0. The second kappa shape index (κ2) is 14.8. The molecule has 2 aliphatic rings. The summed E-state index contributed by atoms with van der Waals surface area (Å²) in [5.41, 5.74) is 8.51. The Morgan fingerprint density at radius 1 is 1.02 bits per heavy atom. The number of piperidine rings is 1. The molecule has 0 aliphatic carbocycles. The summed E-state index contributed by atoms with van der Waals surface area (Å²) in [6.45, 7) is 24.7. The summed E-state index contributed by atoms with van der Waals surface area (Å²) in [4.78, 5) is 9.54. The van der Waals surface area contributed by atoms with E-state index in [0.29, 0.717) is 0 Å². The van der Waals surface area contributed by atoms with Crippen molar-refractivity contribution in [3.63, 3.8) is 0 Å². The number of H-pyrrole nitrogens is 1. The Bertz CT molecular complexity index is 1410. The van der Waals surface area contributed by atoms with Gasteiger partial charge < -0.3 is 15.1 Å². The predicted octanol–water partition coefficient (Wildman–Crippen LogP) is 5.54. The van der Waals surface area contributed by atoms with Crippen LogP contribution < -0.4 is 15.9 Å². The number of nitrogens with one attached hydrogen (secondary N) is 2. The van der Waals surface area contributed by atoms with E-state index < -0.39 is 0 Å². The molecular weight excluding hydrogens is 504 g/mol. The first-order valence-corrected chi connectivity index (χ1v) is 15.2. The van der Waals surface area contributed by atoms with Gasteiger partial charge in [0, 0.05) is 42.1 Å². The van der Waals surface area contributed by atoms with Crippen LogP contribution in [0.5, 0.6) is 0 Å². The highest BCUT2D eigenvalue weighted by Crippen LogP contribution is 2.23. The fourth-order valence-electron chi connectivity index (χ4n) is 5.71. The molecule has 0 aromatic carbocycles. The average Bonchev–Trinajstić information content (AvgIpc) is 3.64. The summed E-state index contributed by atoms with van der Waals surface area (Å²) in [6, 6.07) is 2.27. The number of aromatic nitrogens is 3. The van der Waals surface area contributed by atoms with Crippen LogP contribution in [0.1, 0.15) is 76.1 Å². The Kier molecular flexibility index (Phi) is 11.0. The first-order valence-electron chi connectivity index (χ1n) is 15.2. The van der Waals surface area contributed by atoms with Crippen LogP contribution >= 0.6 is 0 Å². The van der Waals surface area contributed by atoms with E-state index in [9.17, 15) is 0 Å². The molecule has 0 atom stereocenters. The molecule has 0 amide bonds. The third kappa shape index (κ3) is 8.20. The smallest absolute Gasteiger partial charge is 0.115 e.